The third kappa shape index (κ3) is 3.07. The summed E-state index contributed by atoms with van der Waals surface area (Å²) in [4.78, 5) is 7.90. The molecule has 2 aromatic heterocycles. The molecule has 0 saturated heterocycles. The second-order valence-electron chi connectivity index (χ2n) is 6.41. The first-order valence-corrected chi connectivity index (χ1v) is 8.57. The molecule has 0 aliphatic heterocycles. The van der Waals surface area contributed by atoms with Crippen molar-refractivity contribution in [2.45, 2.75) is 20.1 Å². The summed E-state index contributed by atoms with van der Waals surface area (Å²) in [6, 6.07) is 11.5. The maximum Gasteiger partial charge on any atom is 0.156 e. The Morgan fingerprint density at radius 2 is 1.93 bits per heavy atom. The lowest BCUT2D eigenvalue weighted by molar-refractivity contribution is 0.254. The molecule has 0 fully saturated rings. The summed E-state index contributed by atoms with van der Waals surface area (Å²) >= 11 is 0. The molecule has 2 heterocycles. The number of methoxy groups -OCH3 is 1. The third-order valence-electron chi connectivity index (χ3n) is 4.62. The second kappa shape index (κ2) is 6.86. The quantitative estimate of drug-likeness (QED) is 0.436. The molecule has 0 saturated carbocycles. The summed E-state index contributed by atoms with van der Waals surface area (Å²) in [6.45, 7) is 1.64. The van der Waals surface area contributed by atoms with Crippen molar-refractivity contribution in [3.63, 3.8) is 0 Å². The van der Waals surface area contributed by atoms with Gasteiger partial charge in [0.1, 0.15) is 11.4 Å². The molecule has 0 aliphatic rings. The molecular formula is C20H20N4O3. The SMILES string of the molecule is COc1cc(-c2cc(-c3nc4ccc(C)cc4[nH]3)[nH]n2)cc(CO)c1CO. The van der Waals surface area contributed by atoms with E-state index in [1.54, 1.807) is 12.1 Å². The van der Waals surface area contributed by atoms with Gasteiger partial charge in [-0.25, -0.2) is 4.98 Å². The fraction of sp³-hybridized carbons (Fsp3) is 0.200. The van der Waals surface area contributed by atoms with Crippen LogP contribution in [0.25, 0.3) is 33.8 Å². The molecule has 0 atom stereocenters. The Kier molecular flexibility index (Phi) is 4.39. The van der Waals surface area contributed by atoms with Gasteiger partial charge in [-0.2, -0.15) is 5.10 Å². The van der Waals surface area contributed by atoms with E-state index in [0.29, 0.717) is 28.4 Å². The summed E-state index contributed by atoms with van der Waals surface area (Å²) in [6.07, 6.45) is 0. The highest BCUT2D eigenvalue weighted by atomic mass is 16.5. The number of imidazole rings is 1. The van der Waals surface area contributed by atoms with Crippen molar-refractivity contribution in [1.29, 1.82) is 0 Å². The van der Waals surface area contributed by atoms with E-state index in [4.69, 9.17) is 4.74 Å². The molecule has 7 heteroatoms. The number of hydrogen-bond donors (Lipinski definition) is 4. The van der Waals surface area contributed by atoms with Crippen molar-refractivity contribution in [2.24, 2.45) is 0 Å². The maximum atomic E-state index is 9.62. The monoisotopic (exact) mass is 364 g/mol. The lowest BCUT2D eigenvalue weighted by Gasteiger charge is -2.12. The number of hydrogen-bond acceptors (Lipinski definition) is 5. The van der Waals surface area contributed by atoms with E-state index in [1.807, 2.05) is 25.1 Å². The van der Waals surface area contributed by atoms with Gasteiger partial charge in [0.05, 0.1) is 37.1 Å². The van der Waals surface area contributed by atoms with Crippen LogP contribution < -0.4 is 4.74 Å². The van der Waals surface area contributed by atoms with Crippen LogP contribution in [-0.4, -0.2) is 37.5 Å². The number of ether oxygens (including phenoxy) is 1. The van der Waals surface area contributed by atoms with Crippen molar-refractivity contribution in [3.05, 3.63) is 53.1 Å². The van der Waals surface area contributed by atoms with Crippen LogP contribution in [0.1, 0.15) is 16.7 Å². The fourth-order valence-corrected chi connectivity index (χ4v) is 3.20. The zero-order valence-electron chi connectivity index (χ0n) is 15.1. The van der Waals surface area contributed by atoms with Gasteiger partial charge in [0.15, 0.2) is 5.82 Å². The van der Waals surface area contributed by atoms with Gasteiger partial charge in [-0.05, 0) is 48.4 Å². The Morgan fingerprint density at radius 1 is 1.07 bits per heavy atom. The Balaban J connectivity index is 1.75. The van der Waals surface area contributed by atoms with E-state index in [-0.39, 0.29) is 13.2 Å². The minimum absolute atomic E-state index is 0.194. The maximum absolute atomic E-state index is 9.62. The van der Waals surface area contributed by atoms with Gasteiger partial charge in [0, 0.05) is 11.1 Å². The van der Waals surface area contributed by atoms with E-state index in [0.717, 1.165) is 27.9 Å². The lowest BCUT2D eigenvalue weighted by Crippen LogP contribution is -1.99. The van der Waals surface area contributed by atoms with Crippen LogP contribution >= 0.6 is 0 Å². The molecule has 0 amide bonds. The van der Waals surface area contributed by atoms with Gasteiger partial charge >= 0.3 is 0 Å². The van der Waals surface area contributed by atoms with Crippen LogP contribution in [0.3, 0.4) is 0 Å². The van der Waals surface area contributed by atoms with Gasteiger partial charge in [-0.1, -0.05) is 6.07 Å². The summed E-state index contributed by atoms with van der Waals surface area (Å²) in [5.41, 5.74) is 6.44. The molecule has 4 aromatic rings. The van der Waals surface area contributed by atoms with Crippen molar-refractivity contribution in [1.82, 2.24) is 20.2 Å². The Morgan fingerprint density at radius 3 is 2.67 bits per heavy atom. The molecule has 138 valence electrons. The van der Waals surface area contributed by atoms with Crippen LogP contribution in [0.5, 0.6) is 5.75 Å². The van der Waals surface area contributed by atoms with Crippen LogP contribution in [0.4, 0.5) is 0 Å². The van der Waals surface area contributed by atoms with E-state index < -0.39 is 0 Å². The van der Waals surface area contributed by atoms with Crippen LogP contribution in [0.15, 0.2) is 36.4 Å². The van der Waals surface area contributed by atoms with Crippen LogP contribution in [0.2, 0.25) is 0 Å². The molecule has 4 rings (SSSR count). The van der Waals surface area contributed by atoms with Gasteiger partial charge in [-0.3, -0.25) is 5.10 Å². The van der Waals surface area contributed by atoms with Crippen molar-refractivity contribution < 1.29 is 14.9 Å². The normalized spacial score (nSPS) is 11.3. The van der Waals surface area contributed by atoms with Crippen molar-refractivity contribution in [2.75, 3.05) is 7.11 Å². The topological polar surface area (TPSA) is 107 Å². The number of benzene rings is 2. The third-order valence-corrected chi connectivity index (χ3v) is 4.62. The Labute approximate surface area is 155 Å². The van der Waals surface area contributed by atoms with E-state index >= 15 is 0 Å². The number of fused-ring (bicyclic) bond motifs is 1. The predicted molar refractivity (Wildman–Crippen MR) is 102 cm³/mol. The van der Waals surface area contributed by atoms with Crippen LogP contribution in [-0.2, 0) is 13.2 Å². The molecule has 0 radical (unpaired) electrons. The molecule has 4 N–H and O–H groups in total. The number of aliphatic hydroxyl groups is 2. The minimum atomic E-state index is -0.205. The smallest absolute Gasteiger partial charge is 0.156 e. The molecule has 0 bridgehead atoms. The average molecular weight is 364 g/mol. The summed E-state index contributed by atoms with van der Waals surface area (Å²) < 4.78 is 5.36. The zero-order chi connectivity index (χ0) is 19.0. The first kappa shape index (κ1) is 17.3. The summed E-state index contributed by atoms with van der Waals surface area (Å²) in [7, 11) is 1.53. The number of aromatic amines is 2. The highest BCUT2D eigenvalue weighted by Gasteiger charge is 2.15. The molecule has 2 aromatic carbocycles. The molecular weight excluding hydrogens is 344 g/mol. The van der Waals surface area contributed by atoms with E-state index in [2.05, 4.69) is 26.2 Å². The highest BCUT2D eigenvalue weighted by Crippen LogP contribution is 2.31. The molecule has 27 heavy (non-hydrogen) atoms. The van der Waals surface area contributed by atoms with Crippen molar-refractivity contribution in [3.8, 4) is 28.5 Å². The lowest BCUT2D eigenvalue weighted by atomic mass is 10.0. The first-order chi connectivity index (χ1) is 13.1. The number of aliphatic hydroxyl groups excluding tert-OH is 2. The highest BCUT2D eigenvalue weighted by molar-refractivity contribution is 5.80. The van der Waals surface area contributed by atoms with Gasteiger partial charge in [0.2, 0.25) is 0 Å². The number of aromatic nitrogens is 4. The van der Waals surface area contributed by atoms with Gasteiger partial charge in [0.25, 0.3) is 0 Å². The molecule has 7 nitrogen and oxygen atoms in total. The Bertz CT molecular complexity index is 1090. The summed E-state index contributed by atoms with van der Waals surface area (Å²) in [5.74, 6) is 1.22. The van der Waals surface area contributed by atoms with Crippen molar-refractivity contribution >= 4 is 11.0 Å². The number of nitrogens with one attached hydrogen (secondary N) is 2. The second-order valence-corrected chi connectivity index (χ2v) is 6.41. The predicted octanol–water partition coefficient (Wildman–Crippen LogP) is 2.92. The molecule has 0 unspecified atom stereocenters. The van der Waals surface area contributed by atoms with E-state index in [9.17, 15) is 10.2 Å². The number of aryl methyl sites for hydroxylation is 1. The Hall–Kier alpha value is -3.16. The molecule has 0 aliphatic carbocycles. The number of rotatable bonds is 5. The molecule has 0 spiro atoms. The van der Waals surface area contributed by atoms with Gasteiger partial charge < -0.3 is 19.9 Å². The largest absolute Gasteiger partial charge is 0.496 e. The van der Waals surface area contributed by atoms with Gasteiger partial charge in [-0.15, -0.1) is 0 Å². The fourth-order valence-electron chi connectivity index (χ4n) is 3.20. The number of H-pyrrole nitrogens is 2. The number of nitrogens with zero attached hydrogens (tertiary/aromatic N) is 2. The zero-order valence-corrected chi connectivity index (χ0v) is 15.1. The average Bonchev–Trinajstić information content (AvgIpc) is 3.33. The minimum Gasteiger partial charge on any atom is -0.496 e. The summed E-state index contributed by atoms with van der Waals surface area (Å²) in [5, 5.41) is 26.5. The van der Waals surface area contributed by atoms with E-state index in [1.165, 1.54) is 7.11 Å². The standard InChI is InChI=1S/C20H20N4O3/c1-11-3-4-15-17(5-11)22-20(21-15)18-8-16(23-24-18)12-6-13(9-25)14(10-26)19(7-12)27-2/h3-8,25-26H,9-10H2,1-2H3,(H,21,22)(H,23,24). The first-order valence-electron chi connectivity index (χ1n) is 8.57. The van der Waals surface area contributed by atoms with Crippen LogP contribution in [0, 0.1) is 6.92 Å².